The van der Waals surface area contributed by atoms with E-state index in [9.17, 15) is 9.59 Å². The monoisotopic (exact) mass is 400 g/mol. The summed E-state index contributed by atoms with van der Waals surface area (Å²) in [7, 11) is 0. The van der Waals surface area contributed by atoms with Gasteiger partial charge in [-0.3, -0.25) is 14.2 Å². The van der Waals surface area contributed by atoms with Crippen LogP contribution in [-0.2, 0) is 6.54 Å². The van der Waals surface area contributed by atoms with Crippen LogP contribution in [0.4, 0.5) is 0 Å². The summed E-state index contributed by atoms with van der Waals surface area (Å²) < 4.78 is 7.81. The first kappa shape index (κ1) is 17.6. The van der Waals surface area contributed by atoms with Gasteiger partial charge in [-0.25, -0.2) is 4.98 Å². The third-order valence-corrected chi connectivity index (χ3v) is 6.05. The Morgan fingerprint density at radius 3 is 2.59 bits per heavy atom. The number of nitrogens with zero attached hydrogens (tertiary/aromatic N) is 2. The van der Waals surface area contributed by atoms with E-state index in [1.807, 2.05) is 43.3 Å². The smallest absolute Gasteiger partial charge is 0.266 e. The highest BCUT2D eigenvalue weighted by atomic mass is 32.1. The van der Waals surface area contributed by atoms with Crippen LogP contribution in [0.5, 0.6) is 0 Å². The summed E-state index contributed by atoms with van der Waals surface area (Å²) in [6.45, 7) is 2.18. The fourth-order valence-electron chi connectivity index (χ4n) is 3.52. The predicted octanol–water partition coefficient (Wildman–Crippen LogP) is 4.59. The highest BCUT2D eigenvalue weighted by molar-refractivity contribution is 7.24. The SMILES string of the molecule is Cc1ccccc1-c1nc2sc3ccccc3c(=O)c2c(=O)n1Cc1ccco1. The summed E-state index contributed by atoms with van der Waals surface area (Å²) in [4.78, 5) is 31.9. The summed E-state index contributed by atoms with van der Waals surface area (Å²) in [5.74, 6) is 1.16. The molecular weight excluding hydrogens is 384 g/mol. The van der Waals surface area contributed by atoms with E-state index >= 15 is 0 Å². The van der Waals surface area contributed by atoms with Gasteiger partial charge in [0.05, 0.1) is 12.8 Å². The van der Waals surface area contributed by atoms with Crippen molar-refractivity contribution in [3.05, 3.63) is 98.8 Å². The molecule has 3 aromatic heterocycles. The number of fused-ring (bicyclic) bond motifs is 2. The Labute approximate surface area is 169 Å². The molecule has 5 aromatic rings. The van der Waals surface area contributed by atoms with Crippen LogP contribution in [0, 0.1) is 6.92 Å². The largest absolute Gasteiger partial charge is 0.467 e. The van der Waals surface area contributed by atoms with Crippen molar-refractivity contribution in [1.29, 1.82) is 0 Å². The van der Waals surface area contributed by atoms with Gasteiger partial charge in [-0.05, 0) is 36.8 Å². The highest BCUT2D eigenvalue weighted by Gasteiger charge is 2.19. The van der Waals surface area contributed by atoms with Gasteiger partial charge in [0.15, 0.2) is 0 Å². The molecule has 0 aliphatic rings. The van der Waals surface area contributed by atoms with Gasteiger partial charge in [-0.2, -0.15) is 0 Å². The molecule has 0 fully saturated rings. The van der Waals surface area contributed by atoms with Crippen LogP contribution in [0.1, 0.15) is 11.3 Å². The van der Waals surface area contributed by atoms with Crippen LogP contribution in [0.25, 0.3) is 31.7 Å². The van der Waals surface area contributed by atoms with Gasteiger partial charge in [-0.15, -0.1) is 11.3 Å². The Morgan fingerprint density at radius 2 is 1.79 bits per heavy atom. The summed E-state index contributed by atoms with van der Waals surface area (Å²) in [5.41, 5.74) is 1.22. The van der Waals surface area contributed by atoms with E-state index in [0.717, 1.165) is 15.8 Å². The molecule has 0 radical (unpaired) electrons. The normalized spacial score (nSPS) is 11.3. The third kappa shape index (κ3) is 2.89. The Kier molecular flexibility index (Phi) is 4.14. The average molecular weight is 400 g/mol. The highest BCUT2D eigenvalue weighted by Crippen LogP contribution is 2.26. The number of rotatable bonds is 3. The van der Waals surface area contributed by atoms with Crippen molar-refractivity contribution in [2.24, 2.45) is 0 Å². The van der Waals surface area contributed by atoms with Gasteiger partial charge in [0.25, 0.3) is 5.56 Å². The van der Waals surface area contributed by atoms with E-state index in [0.29, 0.717) is 21.8 Å². The van der Waals surface area contributed by atoms with Gasteiger partial charge in [0.2, 0.25) is 5.43 Å². The van der Waals surface area contributed by atoms with E-state index in [2.05, 4.69) is 0 Å². The van der Waals surface area contributed by atoms with Crippen molar-refractivity contribution in [3.63, 3.8) is 0 Å². The number of furan rings is 1. The molecule has 6 heteroatoms. The summed E-state index contributed by atoms with van der Waals surface area (Å²) in [6, 6.07) is 18.7. The second-order valence-electron chi connectivity index (χ2n) is 6.83. The molecule has 29 heavy (non-hydrogen) atoms. The van der Waals surface area contributed by atoms with Crippen molar-refractivity contribution in [3.8, 4) is 11.4 Å². The van der Waals surface area contributed by atoms with Gasteiger partial charge in [0.1, 0.15) is 21.8 Å². The fourth-order valence-corrected chi connectivity index (χ4v) is 4.56. The minimum atomic E-state index is -0.350. The van der Waals surface area contributed by atoms with Crippen LogP contribution in [0.3, 0.4) is 0 Å². The van der Waals surface area contributed by atoms with Crippen molar-refractivity contribution in [2.75, 3.05) is 0 Å². The van der Waals surface area contributed by atoms with Crippen molar-refractivity contribution >= 4 is 31.6 Å². The molecule has 0 saturated carbocycles. The topological polar surface area (TPSA) is 65.1 Å². The van der Waals surface area contributed by atoms with Crippen LogP contribution in [0.15, 0.2) is 80.9 Å². The molecule has 0 amide bonds. The number of aryl methyl sites for hydroxylation is 1. The quantitative estimate of drug-likeness (QED) is 0.416. The second-order valence-corrected chi connectivity index (χ2v) is 7.86. The third-order valence-electron chi connectivity index (χ3n) is 4.98. The lowest BCUT2D eigenvalue weighted by Gasteiger charge is -2.14. The Bertz CT molecular complexity index is 1480. The molecule has 3 heterocycles. The average Bonchev–Trinajstić information content (AvgIpc) is 3.24. The standard InChI is InChI=1S/C23H16N2O3S/c1-14-7-2-3-9-16(14)21-24-22-19(20(26)17-10-4-5-11-18(17)29-22)23(27)25(21)13-15-8-6-12-28-15/h2-12H,13H2,1H3. The maximum atomic E-state index is 13.5. The fraction of sp³-hybridized carbons (Fsp3) is 0.0870. The zero-order chi connectivity index (χ0) is 20.0. The van der Waals surface area contributed by atoms with Crippen molar-refractivity contribution < 1.29 is 4.42 Å². The number of benzene rings is 2. The zero-order valence-electron chi connectivity index (χ0n) is 15.6. The minimum absolute atomic E-state index is 0.123. The zero-order valence-corrected chi connectivity index (χ0v) is 16.4. The van der Waals surface area contributed by atoms with Gasteiger partial charge in [-0.1, -0.05) is 36.4 Å². The lowest BCUT2D eigenvalue weighted by Crippen LogP contribution is -2.27. The molecule has 0 unspecified atom stereocenters. The van der Waals surface area contributed by atoms with Crippen LogP contribution < -0.4 is 11.0 Å². The number of hydrogen-bond acceptors (Lipinski definition) is 5. The lowest BCUT2D eigenvalue weighted by atomic mass is 10.1. The molecule has 142 valence electrons. The Balaban J connectivity index is 1.91. The molecule has 2 aromatic carbocycles. The summed E-state index contributed by atoms with van der Waals surface area (Å²) >= 11 is 1.36. The summed E-state index contributed by atoms with van der Waals surface area (Å²) in [5, 5.41) is 0.662. The molecule has 0 aliphatic carbocycles. The van der Waals surface area contributed by atoms with E-state index in [1.165, 1.54) is 15.9 Å². The first-order valence-corrected chi connectivity index (χ1v) is 10.00. The van der Waals surface area contributed by atoms with Crippen LogP contribution in [0.2, 0.25) is 0 Å². The molecule has 0 saturated heterocycles. The van der Waals surface area contributed by atoms with Crippen molar-refractivity contribution in [1.82, 2.24) is 9.55 Å². The molecule has 0 N–H and O–H groups in total. The maximum absolute atomic E-state index is 13.5. The molecule has 0 bridgehead atoms. The Hall–Kier alpha value is -3.51. The van der Waals surface area contributed by atoms with Gasteiger partial charge < -0.3 is 4.42 Å². The number of hydrogen-bond donors (Lipinski definition) is 0. The van der Waals surface area contributed by atoms with Crippen LogP contribution in [-0.4, -0.2) is 9.55 Å². The molecule has 0 aliphatic heterocycles. The maximum Gasteiger partial charge on any atom is 0.266 e. The molecule has 5 rings (SSSR count). The van der Waals surface area contributed by atoms with E-state index in [1.54, 1.807) is 30.5 Å². The van der Waals surface area contributed by atoms with Crippen molar-refractivity contribution in [2.45, 2.75) is 13.5 Å². The minimum Gasteiger partial charge on any atom is -0.467 e. The van der Waals surface area contributed by atoms with E-state index < -0.39 is 0 Å². The van der Waals surface area contributed by atoms with E-state index in [-0.39, 0.29) is 22.9 Å². The van der Waals surface area contributed by atoms with Crippen LogP contribution >= 0.6 is 11.3 Å². The Morgan fingerprint density at radius 1 is 1.00 bits per heavy atom. The summed E-state index contributed by atoms with van der Waals surface area (Å²) in [6.07, 6.45) is 1.57. The number of aromatic nitrogens is 2. The first-order chi connectivity index (χ1) is 14.1. The molecular formula is C23H16N2O3S. The van der Waals surface area contributed by atoms with Gasteiger partial charge >= 0.3 is 0 Å². The first-order valence-electron chi connectivity index (χ1n) is 9.18. The molecule has 0 atom stereocenters. The molecule has 5 nitrogen and oxygen atoms in total. The molecule has 0 spiro atoms. The van der Waals surface area contributed by atoms with Gasteiger partial charge in [0, 0.05) is 15.6 Å². The van der Waals surface area contributed by atoms with E-state index in [4.69, 9.17) is 9.40 Å². The predicted molar refractivity (Wildman–Crippen MR) is 116 cm³/mol. The second kappa shape index (κ2) is 6.83. The lowest BCUT2D eigenvalue weighted by molar-refractivity contribution is 0.490.